The topological polar surface area (TPSA) is 640 Å². The van der Waals surface area contributed by atoms with Crippen molar-refractivity contribution >= 4 is 140 Å². The number of nitrogens with zero attached hydrogens (tertiary/aromatic N) is 5. The number of carboxylic acid groups (broad SMARTS) is 1. The first kappa shape index (κ1) is 103. The molecule has 0 radical (unpaired) electrons. The third-order valence-electron chi connectivity index (χ3n) is 24.2. The Kier molecular flexibility index (Phi) is 37.9. The van der Waals surface area contributed by atoms with Gasteiger partial charge in [-0.3, -0.25) is 86.3 Å². The van der Waals surface area contributed by atoms with Crippen LogP contribution in [-0.4, -0.2) is 298 Å². The molecule has 22 N–H and O–H groups in total. The number of carbonyl (C=O) groups is 18. The number of aliphatic hydroxyl groups excluding tert-OH is 1. The number of phenols is 1. The van der Waals surface area contributed by atoms with Gasteiger partial charge in [0.1, 0.15) is 78.3 Å². The number of fused-ring (bicyclic) bond motifs is 4. The minimum atomic E-state index is -1.83. The zero-order valence-electron chi connectivity index (χ0n) is 75.7. The molecule has 3 aliphatic rings. The maximum Gasteiger partial charge on any atom is 0.303 e. The lowest BCUT2D eigenvalue weighted by Crippen LogP contribution is -2.61. The third kappa shape index (κ3) is 28.4. The number of carboxylic acids is 1. The number of H-pyrrole nitrogens is 3. The summed E-state index contributed by atoms with van der Waals surface area (Å²) in [6.45, 7) is 7.96. The van der Waals surface area contributed by atoms with Crippen LogP contribution in [0.4, 0.5) is 0 Å². The van der Waals surface area contributed by atoms with Crippen LogP contribution in [0, 0.1) is 17.8 Å². The quantitative estimate of drug-likeness (QED) is 0.0319. The number of nitrogens with one attached hydrogen (secondary N) is 13. The molecule has 1 saturated carbocycles. The summed E-state index contributed by atoms with van der Waals surface area (Å²) in [7, 11) is 2.58. The molecule has 3 aromatic carbocycles. The van der Waals surface area contributed by atoms with E-state index in [9.17, 15) is 68.1 Å². The van der Waals surface area contributed by atoms with E-state index in [1.165, 1.54) is 74.5 Å². The molecule has 720 valence electrons. The summed E-state index contributed by atoms with van der Waals surface area (Å²) < 4.78 is 0. The standard InChI is InChI=1S/C90H123N21O21S/c1-9-11-23-71-90(132)110(10-2)49(6)79(121)103-65(32-47(3)4)83(125)107-70(81(123)97-42-74(93)115)44-133-45-75(116)99-68(33-50-24-26-54(112)27-25-50)87(129)108(7)48(5)78(120)102-64(38-73(92)114)77(119)58-19-16-20-59(58)80(122)104-67(36-53-41-94-46-98-53)85(127)101-63(28-29-76(117)118)89(131)111-43-55(113)37-72(111)86(128)105-66(34-51-39-95-60-21-14-12-17-56(51)60)84(126)100-62(30-31-91)82(124)106-69(88(130)109(71)8)35-52-40-96-61-22-15-13-18-57(52)61/h12-15,17-18,21-22,24-27,39-41,46-49,55,58-59,62-72,95-96,112-113H,9-11,16,19-20,23,28-38,42-45,91H2,1-8H3,(H2,92,114)(H2,93,115)(H,94,98)(H,97,123)(H,99,116)(H,100,126)(H,101,127)(H,102,120)(H,103,121)(H,104,122)(H,105,128)(H,106,124)(H,107,125)(H,117,118)/t48-,49-,55+,58?,59+,62-,63-,64-,65-,66-,67-,68-,69-,70-,71-,72-/m0/s1. The van der Waals surface area contributed by atoms with E-state index in [2.05, 4.69) is 73.1 Å². The van der Waals surface area contributed by atoms with Crippen molar-refractivity contribution in [3.05, 3.63) is 120 Å². The van der Waals surface area contributed by atoms with Crippen molar-refractivity contribution in [2.45, 2.75) is 229 Å². The van der Waals surface area contributed by atoms with Crippen LogP contribution < -0.4 is 70.4 Å². The number of amides is 16. The highest BCUT2D eigenvalue weighted by Crippen LogP contribution is 2.35. The van der Waals surface area contributed by atoms with E-state index in [1.54, 1.807) is 81.7 Å². The molecule has 5 heterocycles. The molecule has 42 nitrogen and oxygen atoms in total. The highest BCUT2D eigenvalue weighted by atomic mass is 32.2. The number of rotatable bonds is 24. The number of hydrogen-bond acceptors (Lipinski definition) is 23. The number of imidazole rings is 1. The Morgan fingerprint density at radius 2 is 1.14 bits per heavy atom. The molecular formula is C90H123N21O21S. The molecule has 2 aliphatic heterocycles. The number of primary amides is 2. The number of aliphatic carboxylic acids is 1. The summed E-state index contributed by atoms with van der Waals surface area (Å²) in [5.74, 6) is -21.3. The molecular weight excluding hydrogens is 1740 g/mol. The van der Waals surface area contributed by atoms with E-state index < -0.39 is 253 Å². The number of benzene rings is 3. The number of hydrogen-bond donors (Lipinski definition) is 19. The Balaban J connectivity index is 1.09. The van der Waals surface area contributed by atoms with Crippen LogP contribution in [0.2, 0.25) is 0 Å². The number of aliphatic hydroxyl groups is 1. The van der Waals surface area contributed by atoms with Gasteiger partial charge >= 0.3 is 5.97 Å². The van der Waals surface area contributed by atoms with Gasteiger partial charge in [-0.25, -0.2) is 4.98 Å². The van der Waals surface area contributed by atoms with Crippen molar-refractivity contribution in [1.82, 2.24) is 92.7 Å². The lowest BCUT2D eigenvalue weighted by Gasteiger charge is -2.37. The predicted molar refractivity (Wildman–Crippen MR) is 486 cm³/mol. The fraction of sp³-hybridized carbons (Fsp3) is 0.522. The normalized spacial score (nSPS) is 25.5. The number of para-hydroxylation sites is 2. The smallest absolute Gasteiger partial charge is 0.303 e. The molecule has 0 bridgehead atoms. The van der Waals surface area contributed by atoms with E-state index in [4.69, 9.17) is 17.2 Å². The lowest BCUT2D eigenvalue weighted by atomic mass is 9.86. The minimum absolute atomic E-state index is 0.000610. The van der Waals surface area contributed by atoms with Gasteiger partial charge in [-0.2, -0.15) is 0 Å². The van der Waals surface area contributed by atoms with Crippen molar-refractivity contribution in [2.24, 2.45) is 35.0 Å². The second-order valence-corrected chi connectivity index (χ2v) is 35.4. The van der Waals surface area contributed by atoms with E-state index >= 15 is 33.6 Å². The van der Waals surface area contributed by atoms with Gasteiger partial charge < -0.3 is 120 Å². The summed E-state index contributed by atoms with van der Waals surface area (Å²) in [4.78, 5) is 280. The Morgan fingerprint density at radius 3 is 1.74 bits per heavy atom. The second-order valence-electron chi connectivity index (χ2n) is 34.4. The molecule has 16 amide bonds. The zero-order valence-corrected chi connectivity index (χ0v) is 76.5. The summed E-state index contributed by atoms with van der Waals surface area (Å²) in [6, 6.07) is -0.694. The molecule has 1 unspecified atom stereocenters. The second kappa shape index (κ2) is 48.7. The molecule has 6 aromatic rings. The van der Waals surface area contributed by atoms with Crippen molar-refractivity contribution < 1.29 is 102 Å². The molecule has 2 saturated heterocycles. The molecule has 9 rings (SSSR count). The monoisotopic (exact) mass is 1870 g/mol. The summed E-state index contributed by atoms with van der Waals surface area (Å²) in [5.41, 5.74) is 20.3. The van der Waals surface area contributed by atoms with Crippen molar-refractivity contribution in [2.75, 3.05) is 51.8 Å². The Labute approximate surface area is 771 Å². The van der Waals surface area contributed by atoms with Gasteiger partial charge in [0.15, 0.2) is 5.78 Å². The number of carbonyl (C=O) groups excluding carboxylic acids is 17. The van der Waals surface area contributed by atoms with Gasteiger partial charge in [-0.15, -0.1) is 11.8 Å². The summed E-state index contributed by atoms with van der Waals surface area (Å²) >= 11 is 0.785. The number of thioether (sulfide) groups is 1. The van der Waals surface area contributed by atoms with Crippen molar-refractivity contribution in [3.63, 3.8) is 0 Å². The van der Waals surface area contributed by atoms with E-state index in [1.807, 2.05) is 6.92 Å². The fourth-order valence-electron chi connectivity index (χ4n) is 16.9. The minimum Gasteiger partial charge on any atom is -0.508 e. The Hall–Kier alpha value is -13.3. The SMILES string of the molecule is CCCC[C@H]1C(=O)N(CC)[C@@H](C)C(=O)N[C@@H](CC(C)C)C(=O)N[C@H](C(=O)NCC(N)=O)CSCC(=O)N[C@@H](Cc2ccc(O)cc2)C(=O)N(C)[C@@H](C)C(=O)N[C@@H](CC(N)=O)C(=O)C2CCC[C@H]2C(=O)N[C@@H](Cc2cnc[nH]2)C(=O)N[C@@H](CCC(=O)O)C(=O)N2C[C@H](O)C[C@H]2C(=O)N[C@@H](Cc2c[nH]c3ccccc23)C(=O)N[C@@H](CCN)C(=O)N[C@@H](Cc2c[nH]c3ccccc23)C(=O)N1C. The number of aromatic nitrogens is 4. The number of nitrogens with two attached hydrogens (primary N) is 3. The van der Waals surface area contributed by atoms with Crippen LogP contribution >= 0.6 is 11.8 Å². The number of Topliss-reactive ketones (excluding diaryl/α,β-unsaturated/α-hetero) is 1. The predicted octanol–water partition coefficient (Wildman–Crippen LogP) is -1.76. The summed E-state index contributed by atoms with van der Waals surface area (Å²) in [6.07, 6.45) is 1.29. The summed E-state index contributed by atoms with van der Waals surface area (Å²) in [5, 5.41) is 59.5. The largest absolute Gasteiger partial charge is 0.508 e. The molecule has 43 heteroatoms. The number of phenolic OH excluding ortho intramolecular Hbond substituents is 1. The highest BCUT2D eigenvalue weighted by molar-refractivity contribution is 8.00. The maximum atomic E-state index is 15.7. The average molecular weight is 1870 g/mol. The van der Waals surface area contributed by atoms with Crippen LogP contribution in [0.3, 0.4) is 0 Å². The Morgan fingerprint density at radius 1 is 0.579 bits per heavy atom. The first-order valence-electron chi connectivity index (χ1n) is 44.6. The highest BCUT2D eigenvalue weighted by Gasteiger charge is 2.47. The molecule has 3 fully saturated rings. The van der Waals surface area contributed by atoms with Crippen molar-refractivity contribution in [1.29, 1.82) is 0 Å². The number of aromatic hydroxyl groups is 1. The van der Waals surface area contributed by atoms with Crippen LogP contribution in [0.5, 0.6) is 5.75 Å². The van der Waals surface area contributed by atoms with Gasteiger partial charge in [-0.05, 0) is 113 Å². The van der Waals surface area contributed by atoms with Crippen LogP contribution in [0.15, 0.2) is 97.7 Å². The average Bonchev–Trinajstić information content (AvgIpc) is 1.73. The molecule has 1 aliphatic carbocycles. The molecule has 0 spiro atoms. The first-order chi connectivity index (χ1) is 63.3. The van der Waals surface area contributed by atoms with E-state index in [0.29, 0.717) is 51.3 Å². The van der Waals surface area contributed by atoms with E-state index in [-0.39, 0.29) is 94.7 Å². The maximum absolute atomic E-state index is 15.7. The third-order valence-corrected chi connectivity index (χ3v) is 25.2. The number of ketones is 1. The number of likely N-dealkylation sites (N-methyl/N-ethyl adjacent to an activating group) is 3. The van der Waals surface area contributed by atoms with Gasteiger partial charge in [0.25, 0.3) is 0 Å². The first-order valence-corrected chi connectivity index (χ1v) is 45.7. The van der Waals surface area contributed by atoms with Gasteiger partial charge in [0, 0.05) is 129 Å². The van der Waals surface area contributed by atoms with Gasteiger partial charge in [-0.1, -0.05) is 88.6 Å². The van der Waals surface area contributed by atoms with Gasteiger partial charge in [0.2, 0.25) is 94.5 Å². The number of unbranched alkanes of at least 4 members (excludes halogenated alkanes) is 1. The molecule has 133 heavy (non-hydrogen) atoms. The fourth-order valence-corrected chi connectivity index (χ4v) is 17.7. The van der Waals surface area contributed by atoms with Gasteiger partial charge in [0.05, 0.1) is 37.2 Å². The van der Waals surface area contributed by atoms with Crippen LogP contribution in [-0.2, 0) is 112 Å². The number of aromatic amines is 3. The zero-order chi connectivity index (χ0) is 97.2. The van der Waals surface area contributed by atoms with Crippen LogP contribution in [0.25, 0.3) is 21.8 Å². The van der Waals surface area contributed by atoms with Crippen LogP contribution in [0.1, 0.15) is 141 Å². The van der Waals surface area contributed by atoms with Crippen molar-refractivity contribution in [3.8, 4) is 5.75 Å². The Bertz CT molecular complexity index is 5180. The lowest BCUT2D eigenvalue weighted by molar-refractivity contribution is -0.150. The van der Waals surface area contributed by atoms with E-state index in [0.717, 1.165) is 21.6 Å². The molecule has 16 atom stereocenters. The molecule has 3 aromatic heterocycles.